The van der Waals surface area contributed by atoms with Crippen molar-refractivity contribution in [3.63, 3.8) is 0 Å². The molecule has 55 valence electrons. The van der Waals surface area contributed by atoms with Crippen molar-refractivity contribution in [2.24, 2.45) is 4.99 Å². The van der Waals surface area contributed by atoms with Gasteiger partial charge >= 0.3 is 19.5 Å². The van der Waals surface area contributed by atoms with Crippen LogP contribution in [0.1, 0.15) is 0 Å². The smallest absolute Gasteiger partial charge is 0.432 e. The maximum atomic E-state index is 3.88. The zero-order valence-electron chi connectivity index (χ0n) is 6.20. The molecule has 1 radical (unpaired) electrons. The summed E-state index contributed by atoms with van der Waals surface area (Å²) in [6.45, 7) is 0. The molecule has 0 aromatic rings. The van der Waals surface area contributed by atoms with Crippen LogP contribution in [0, 0.1) is 0 Å². The molecule has 0 rings (SSSR count). The van der Waals surface area contributed by atoms with E-state index in [1.165, 1.54) is 0 Å². The minimum Gasteiger partial charge on any atom is -0.432 e. The molecule has 4 heteroatoms. The van der Waals surface area contributed by atoms with Gasteiger partial charge in [-0.2, -0.15) is 0 Å². The van der Waals surface area contributed by atoms with Crippen LogP contribution in [0.5, 0.6) is 0 Å². The van der Waals surface area contributed by atoms with Crippen molar-refractivity contribution >= 4 is 5.96 Å². The van der Waals surface area contributed by atoms with Crippen LogP contribution in [0.3, 0.4) is 0 Å². The van der Waals surface area contributed by atoms with E-state index in [1.807, 2.05) is 19.0 Å². The summed E-state index contributed by atoms with van der Waals surface area (Å²) in [5.41, 5.74) is 0. The van der Waals surface area contributed by atoms with E-state index in [4.69, 9.17) is 0 Å². The molecule has 0 aromatic heterocycles. The van der Waals surface area contributed by atoms with E-state index in [2.05, 4.69) is 10.3 Å². The first-order valence-electron chi connectivity index (χ1n) is 2.46. The number of hydrogen-bond donors (Lipinski definition) is 0. The molecule has 0 atom stereocenters. The minimum absolute atomic E-state index is 0. The SMILES string of the molecule is CN=C([N-]C)N(C)C.[Ru+]. The van der Waals surface area contributed by atoms with Crippen molar-refractivity contribution in [1.29, 1.82) is 0 Å². The zero-order chi connectivity index (χ0) is 6.57. The third-order valence-electron chi connectivity index (χ3n) is 0.800. The van der Waals surface area contributed by atoms with Crippen molar-refractivity contribution < 1.29 is 19.5 Å². The van der Waals surface area contributed by atoms with E-state index < -0.39 is 0 Å². The van der Waals surface area contributed by atoms with Gasteiger partial charge in [0, 0.05) is 5.96 Å². The Hall–Kier alpha value is -0.107. The normalized spacial score (nSPS) is 10.0. The van der Waals surface area contributed by atoms with Crippen LogP contribution in [0.4, 0.5) is 0 Å². The minimum atomic E-state index is 0. The maximum Gasteiger partial charge on any atom is 1.00 e. The molecule has 3 nitrogen and oxygen atoms in total. The third kappa shape index (κ3) is 4.40. The summed E-state index contributed by atoms with van der Waals surface area (Å²) in [4.78, 5) is 5.74. The topological polar surface area (TPSA) is 29.7 Å². The predicted molar refractivity (Wildman–Crippen MR) is 36.3 cm³/mol. The van der Waals surface area contributed by atoms with Gasteiger partial charge in [0.2, 0.25) is 0 Å². The average Bonchev–Trinajstić information content (AvgIpc) is 1.69. The van der Waals surface area contributed by atoms with Crippen LogP contribution in [0.2, 0.25) is 0 Å². The Morgan fingerprint density at radius 2 is 1.89 bits per heavy atom. The number of aliphatic imine (C=N–C) groups is 1. The number of rotatable bonds is 0. The van der Waals surface area contributed by atoms with Crippen molar-refractivity contribution in [3.05, 3.63) is 5.32 Å². The van der Waals surface area contributed by atoms with Crippen molar-refractivity contribution in [3.8, 4) is 0 Å². The van der Waals surface area contributed by atoms with Crippen LogP contribution < -0.4 is 0 Å². The molecule has 0 N–H and O–H groups in total. The molecule has 0 aromatic carbocycles. The van der Waals surface area contributed by atoms with E-state index >= 15 is 0 Å². The van der Waals surface area contributed by atoms with Crippen molar-refractivity contribution in [2.75, 3.05) is 28.2 Å². The van der Waals surface area contributed by atoms with Gasteiger partial charge in [-0.1, -0.05) is 0 Å². The molecule has 0 aliphatic rings. The average molecular weight is 215 g/mol. The van der Waals surface area contributed by atoms with Crippen LogP contribution in [0.15, 0.2) is 4.99 Å². The molecule has 0 aliphatic carbocycles. The van der Waals surface area contributed by atoms with E-state index in [1.54, 1.807) is 14.1 Å². The molecular weight excluding hydrogens is 203 g/mol. The van der Waals surface area contributed by atoms with Gasteiger partial charge in [-0.15, -0.1) is 0 Å². The molecule has 0 unspecified atom stereocenters. The molecule has 0 spiro atoms. The quantitative estimate of drug-likeness (QED) is 0.329. The molecular formula is C5H12N3Ru. The summed E-state index contributed by atoms with van der Waals surface area (Å²) in [7, 11) is 7.27. The fourth-order valence-electron chi connectivity index (χ4n) is 0.500. The Bertz CT molecular complexity index is 90.2. The Balaban J connectivity index is 0. The third-order valence-corrected chi connectivity index (χ3v) is 0.800. The molecule has 0 bridgehead atoms. The largest absolute Gasteiger partial charge is 1.00 e. The van der Waals surface area contributed by atoms with Gasteiger partial charge in [0.25, 0.3) is 0 Å². The summed E-state index contributed by atoms with van der Waals surface area (Å²) in [6, 6.07) is 0. The molecule has 0 saturated carbocycles. The Labute approximate surface area is 69.3 Å². The fraction of sp³-hybridized carbons (Fsp3) is 0.800. The van der Waals surface area contributed by atoms with Crippen molar-refractivity contribution in [2.45, 2.75) is 0 Å². The maximum absolute atomic E-state index is 3.88. The van der Waals surface area contributed by atoms with Gasteiger partial charge in [-0.3, -0.25) is 0 Å². The monoisotopic (exact) mass is 216 g/mol. The second kappa shape index (κ2) is 6.02. The summed E-state index contributed by atoms with van der Waals surface area (Å²) in [6.07, 6.45) is 0. The molecule has 9 heavy (non-hydrogen) atoms. The second-order valence-corrected chi connectivity index (χ2v) is 1.64. The van der Waals surface area contributed by atoms with E-state index in [9.17, 15) is 0 Å². The number of guanidine groups is 1. The molecule has 0 fully saturated rings. The first kappa shape index (κ1) is 11.7. The van der Waals surface area contributed by atoms with Gasteiger partial charge in [0.15, 0.2) is 0 Å². The summed E-state index contributed by atoms with van der Waals surface area (Å²) in [5, 5.41) is 3.88. The number of nitrogens with zero attached hydrogens (tertiary/aromatic N) is 3. The van der Waals surface area contributed by atoms with Crippen molar-refractivity contribution in [1.82, 2.24) is 4.90 Å². The Morgan fingerprint density at radius 1 is 1.44 bits per heavy atom. The first-order valence-corrected chi connectivity index (χ1v) is 2.46. The first-order chi connectivity index (χ1) is 3.72. The van der Waals surface area contributed by atoms with Crippen LogP contribution in [0.25, 0.3) is 5.32 Å². The zero-order valence-corrected chi connectivity index (χ0v) is 7.93. The van der Waals surface area contributed by atoms with Crippen LogP contribution in [-0.4, -0.2) is 39.1 Å². The van der Waals surface area contributed by atoms with E-state index in [0.717, 1.165) is 5.96 Å². The Morgan fingerprint density at radius 3 is 1.89 bits per heavy atom. The van der Waals surface area contributed by atoms with Gasteiger partial charge in [-0.25, -0.2) is 0 Å². The van der Waals surface area contributed by atoms with Gasteiger partial charge in [0.1, 0.15) is 0 Å². The van der Waals surface area contributed by atoms with Crippen LogP contribution >= 0.6 is 0 Å². The number of hydrogen-bond acceptors (Lipinski definition) is 1. The van der Waals surface area contributed by atoms with Crippen LogP contribution in [-0.2, 0) is 19.5 Å². The summed E-state index contributed by atoms with van der Waals surface area (Å²) in [5.74, 6) is 0.769. The van der Waals surface area contributed by atoms with Gasteiger partial charge in [-0.05, 0) is 28.2 Å². The van der Waals surface area contributed by atoms with E-state index in [0.29, 0.717) is 0 Å². The standard InChI is InChI=1S/C5H12N3.Ru/c1-6-5(7-2)8(3)4;/h1-4H3;/q-1;+1. The van der Waals surface area contributed by atoms with E-state index in [-0.39, 0.29) is 19.5 Å². The second-order valence-electron chi connectivity index (χ2n) is 1.64. The molecule has 0 heterocycles. The van der Waals surface area contributed by atoms with Gasteiger partial charge < -0.3 is 15.2 Å². The molecule has 0 aliphatic heterocycles. The molecule has 0 amide bonds. The Kier molecular flexibility index (Phi) is 7.80. The summed E-state index contributed by atoms with van der Waals surface area (Å²) >= 11 is 0. The fourth-order valence-corrected chi connectivity index (χ4v) is 0.500. The van der Waals surface area contributed by atoms with Gasteiger partial charge in [0.05, 0.1) is 0 Å². The predicted octanol–water partition coefficient (Wildman–Crippen LogP) is 0.535. The molecule has 0 saturated heterocycles. The summed E-state index contributed by atoms with van der Waals surface area (Å²) < 4.78 is 0.